The molecule has 8 nitrogen and oxygen atoms in total. The first kappa shape index (κ1) is 26.8. The highest BCUT2D eigenvalue weighted by Crippen LogP contribution is 2.43. The summed E-state index contributed by atoms with van der Waals surface area (Å²) in [6, 6.07) is 2.92. The number of carbonyl (C=O) groups excluding carboxylic acids is 1. The number of amides is 1. The average molecular weight is 511 g/mol. The van der Waals surface area contributed by atoms with E-state index in [4.69, 9.17) is 25.8 Å². The molecule has 35 heavy (non-hydrogen) atoms. The van der Waals surface area contributed by atoms with Crippen LogP contribution in [0.4, 0.5) is 4.39 Å². The van der Waals surface area contributed by atoms with E-state index in [1.165, 1.54) is 12.1 Å². The van der Waals surface area contributed by atoms with Crippen LogP contribution in [0.1, 0.15) is 59.8 Å². The van der Waals surface area contributed by atoms with Gasteiger partial charge in [0, 0.05) is 16.8 Å². The van der Waals surface area contributed by atoms with Crippen molar-refractivity contribution < 1.29 is 28.5 Å². The fourth-order valence-corrected chi connectivity index (χ4v) is 4.31. The zero-order valence-electron chi connectivity index (χ0n) is 20.2. The third-order valence-electron chi connectivity index (χ3n) is 5.99. The van der Waals surface area contributed by atoms with Crippen LogP contribution in [0.15, 0.2) is 16.9 Å². The lowest BCUT2D eigenvalue weighted by molar-refractivity contribution is 0.0296. The molecule has 2 heterocycles. The largest absolute Gasteiger partial charge is 0.507 e. The first-order chi connectivity index (χ1) is 16.7. The maximum absolute atomic E-state index is 12.9. The van der Waals surface area contributed by atoms with Crippen molar-refractivity contribution in [2.45, 2.75) is 65.2 Å². The normalized spacial score (nSPS) is 15.6. The molecule has 1 amide bonds. The van der Waals surface area contributed by atoms with E-state index in [1.807, 2.05) is 6.92 Å². The Hall–Kier alpha value is -2.78. The molecule has 0 fully saturated rings. The summed E-state index contributed by atoms with van der Waals surface area (Å²) in [7, 11) is 0. The molecule has 0 spiro atoms. The summed E-state index contributed by atoms with van der Waals surface area (Å²) in [4.78, 5) is 27.6. The summed E-state index contributed by atoms with van der Waals surface area (Å²) in [5.74, 6) is 0.151. The van der Waals surface area contributed by atoms with E-state index in [-0.39, 0.29) is 47.3 Å². The van der Waals surface area contributed by atoms with Gasteiger partial charge in [0.2, 0.25) is 0 Å². The molecular weight excluding hydrogens is 479 g/mol. The number of hydrogen-bond acceptors (Lipinski definition) is 6. The number of fused-ring (bicyclic) bond motifs is 1. The Morgan fingerprint density at radius 2 is 2.14 bits per heavy atom. The molecule has 0 saturated carbocycles. The minimum atomic E-state index is -0.495. The molecule has 2 atom stereocenters. The first-order valence-corrected chi connectivity index (χ1v) is 12.1. The molecule has 1 aliphatic heterocycles. The predicted octanol–water partition coefficient (Wildman–Crippen LogP) is 4.36. The molecule has 2 aromatic rings. The smallest absolute Gasteiger partial charge is 0.256 e. The molecule has 1 aliphatic rings. The second-order valence-corrected chi connectivity index (χ2v) is 9.00. The number of rotatable bonds is 11. The molecule has 0 radical (unpaired) electrons. The Morgan fingerprint density at radius 1 is 1.37 bits per heavy atom. The standard InChI is InChI=1S/C25H32ClFN2O6/c1-4-16(33-9-8-27)6-5-7-17-13-34-23-20(26)11-18(15(3)22(23)35-17)24(31)28-12-19-21(30)10-14(2)29-25(19)32/h10-11,16-17H,4-9,12-13H2,1-3H3,(H,28,31)(H2,29,30,32). The van der Waals surface area contributed by atoms with Crippen LogP contribution in [-0.2, 0) is 11.3 Å². The van der Waals surface area contributed by atoms with Crippen LogP contribution in [0.3, 0.4) is 0 Å². The average Bonchev–Trinajstić information content (AvgIpc) is 2.82. The summed E-state index contributed by atoms with van der Waals surface area (Å²) in [5, 5.41) is 13.0. The number of H-pyrrole nitrogens is 1. The molecule has 2 unspecified atom stereocenters. The highest BCUT2D eigenvalue weighted by molar-refractivity contribution is 6.32. The Balaban J connectivity index is 1.67. The topological polar surface area (TPSA) is 110 Å². The summed E-state index contributed by atoms with van der Waals surface area (Å²) in [5.41, 5.74) is 0.955. The Morgan fingerprint density at radius 3 is 2.83 bits per heavy atom. The highest BCUT2D eigenvalue weighted by Gasteiger charge is 2.28. The van der Waals surface area contributed by atoms with Gasteiger partial charge in [-0.15, -0.1) is 0 Å². The van der Waals surface area contributed by atoms with Crippen molar-refractivity contribution in [3.8, 4) is 17.2 Å². The van der Waals surface area contributed by atoms with E-state index in [1.54, 1.807) is 13.8 Å². The van der Waals surface area contributed by atoms with Crippen molar-refractivity contribution in [2.24, 2.45) is 0 Å². The van der Waals surface area contributed by atoms with Crippen LogP contribution in [0.25, 0.3) is 0 Å². The number of aryl methyl sites for hydroxylation is 1. The van der Waals surface area contributed by atoms with Crippen molar-refractivity contribution in [2.75, 3.05) is 19.9 Å². The second-order valence-electron chi connectivity index (χ2n) is 8.59. The van der Waals surface area contributed by atoms with E-state index < -0.39 is 18.1 Å². The fourth-order valence-electron chi connectivity index (χ4n) is 4.06. The number of aromatic amines is 1. The lowest BCUT2D eigenvalue weighted by Crippen LogP contribution is -2.31. The van der Waals surface area contributed by atoms with E-state index in [9.17, 15) is 19.1 Å². The van der Waals surface area contributed by atoms with Crippen molar-refractivity contribution in [3.63, 3.8) is 0 Å². The first-order valence-electron chi connectivity index (χ1n) is 11.7. The SMILES string of the molecule is CCC(CCCC1COc2c(Cl)cc(C(=O)NCc3c(O)cc(C)[nH]c3=O)c(C)c2O1)OCCF. The van der Waals surface area contributed by atoms with Crippen LogP contribution in [-0.4, -0.2) is 48.1 Å². The van der Waals surface area contributed by atoms with Crippen molar-refractivity contribution in [1.82, 2.24) is 10.3 Å². The number of halogens is 2. The molecule has 1 aromatic carbocycles. The molecule has 1 aromatic heterocycles. The summed E-state index contributed by atoms with van der Waals surface area (Å²) in [6.07, 6.45) is 2.90. The van der Waals surface area contributed by atoms with Gasteiger partial charge in [0.15, 0.2) is 11.5 Å². The molecule has 0 saturated heterocycles. The number of benzene rings is 1. The lowest BCUT2D eigenvalue weighted by Gasteiger charge is -2.29. The predicted molar refractivity (Wildman–Crippen MR) is 131 cm³/mol. The van der Waals surface area contributed by atoms with Gasteiger partial charge < -0.3 is 29.6 Å². The zero-order chi connectivity index (χ0) is 25.5. The lowest BCUT2D eigenvalue weighted by atomic mass is 10.0. The van der Waals surface area contributed by atoms with Crippen LogP contribution < -0.4 is 20.3 Å². The molecule has 192 valence electrons. The summed E-state index contributed by atoms with van der Waals surface area (Å²) in [6.45, 7) is 5.19. The number of aromatic hydroxyl groups is 1. The number of hydrogen-bond donors (Lipinski definition) is 3. The third kappa shape index (κ3) is 6.67. The summed E-state index contributed by atoms with van der Waals surface area (Å²) >= 11 is 6.38. The van der Waals surface area contributed by atoms with Crippen molar-refractivity contribution in [3.05, 3.63) is 49.9 Å². The molecule has 0 aliphatic carbocycles. The molecule has 3 N–H and O–H groups in total. The summed E-state index contributed by atoms with van der Waals surface area (Å²) < 4.78 is 29.9. The monoisotopic (exact) mass is 510 g/mol. The van der Waals surface area contributed by atoms with Gasteiger partial charge in [-0.2, -0.15) is 0 Å². The van der Waals surface area contributed by atoms with Crippen LogP contribution in [0, 0.1) is 13.8 Å². The number of carbonyl (C=O) groups is 1. The van der Waals surface area contributed by atoms with Gasteiger partial charge in [-0.25, -0.2) is 4.39 Å². The maximum Gasteiger partial charge on any atom is 0.256 e. The molecule has 10 heteroatoms. The second kappa shape index (κ2) is 12.3. The number of aromatic nitrogens is 1. The van der Waals surface area contributed by atoms with Gasteiger partial charge in [0.25, 0.3) is 11.5 Å². The quantitative estimate of drug-likeness (QED) is 0.414. The molecule has 3 rings (SSSR count). The molecule has 0 bridgehead atoms. The minimum Gasteiger partial charge on any atom is -0.507 e. The van der Waals surface area contributed by atoms with Crippen LogP contribution in [0.2, 0.25) is 5.02 Å². The number of nitrogens with one attached hydrogen (secondary N) is 2. The Labute approximate surface area is 208 Å². The zero-order valence-corrected chi connectivity index (χ0v) is 21.0. The number of pyridine rings is 1. The van der Waals surface area contributed by atoms with E-state index in [2.05, 4.69) is 10.3 Å². The minimum absolute atomic E-state index is 0.00854. The van der Waals surface area contributed by atoms with Gasteiger partial charge in [-0.1, -0.05) is 18.5 Å². The van der Waals surface area contributed by atoms with E-state index in [0.29, 0.717) is 35.8 Å². The van der Waals surface area contributed by atoms with Gasteiger partial charge >= 0.3 is 0 Å². The number of alkyl halides is 1. The molecular formula is C25H32ClFN2O6. The number of ether oxygens (including phenoxy) is 3. The van der Waals surface area contributed by atoms with Crippen LogP contribution in [0.5, 0.6) is 17.2 Å². The van der Waals surface area contributed by atoms with Gasteiger partial charge in [-0.3, -0.25) is 9.59 Å². The van der Waals surface area contributed by atoms with Crippen LogP contribution >= 0.6 is 11.6 Å². The Bertz CT molecular complexity index is 1110. The van der Waals surface area contributed by atoms with Gasteiger partial charge in [0.05, 0.1) is 29.8 Å². The maximum atomic E-state index is 12.9. The van der Waals surface area contributed by atoms with E-state index in [0.717, 1.165) is 19.3 Å². The van der Waals surface area contributed by atoms with Gasteiger partial charge in [0.1, 0.15) is 25.1 Å². The fraction of sp³-hybridized carbons (Fsp3) is 0.520. The van der Waals surface area contributed by atoms with E-state index >= 15 is 0 Å². The van der Waals surface area contributed by atoms with Crippen molar-refractivity contribution >= 4 is 17.5 Å². The van der Waals surface area contributed by atoms with Crippen molar-refractivity contribution in [1.29, 1.82) is 0 Å². The third-order valence-corrected chi connectivity index (χ3v) is 6.27. The highest BCUT2D eigenvalue weighted by atomic mass is 35.5. The van der Waals surface area contributed by atoms with Gasteiger partial charge in [-0.05, 0) is 51.7 Å². The Kier molecular flexibility index (Phi) is 9.40.